The quantitative estimate of drug-likeness (QED) is 0.862. The van der Waals surface area contributed by atoms with Gasteiger partial charge in [0, 0.05) is 13.7 Å². The van der Waals surface area contributed by atoms with Gasteiger partial charge in [-0.2, -0.15) is 5.10 Å². The van der Waals surface area contributed by atoms with E-state index in [2.05, 4.69) is 10.2 Å². The topological polar surface area (TPSA) is 92.6 Å². The number of carboxylic acid groups (broad SMARTS) is 1. The summed E-state index contributed by atoms with van der Waals surface area (Å²) in [4.78, 5) is 25.4. The Morgan fingerprint density at radius 3 is 2.75 bits per heavy atom. The predicted octanol–water partition coefficient (Wildman–Crippen LogP) is 0.491. The van der Waals surface area contributed by atoms with Gasteiger partial charge >= 0.3 is 5.97 Å². The third-order valence-electron chi connectivity index (χ3n) is 3.53. The van der Waals surface area contributed by atoms with Crippen LogP contribution in [0.25, 0.3) is 0 Å². The van der Waals surface area contributed by atoms with E-state index >= 15 is 0 Å². The van der Waals surface area contributed by atoms with E-state index in [1.165, 1.54) is 12.0 Å². The normalized spacial score (nSPS) is 22.0. The minimum atomic E-state index is -1.31. The second-order valence-electron chi connectivity index (χ2n) is 4.89. The zero-order valence-electron chi connectivity index (χ0n) is 11.5. The molecule has 2 heterocycles. The van der Waals surface area contributed by atoms with E-state index in [9.17, 15) is 14.7 Å². The molecule has 7 nitrogen and oxygen atoms in total. The molecule has 2 rings (SSSR count). The smallest absolute Gasteiger partial charge is 0.332 e. The number of carbonyl (C=O) groups excluding carboxylic acids is 1. The zero-order chi connectivity index (χ0) is 14.8. The van der Waals surface area contributed by atoms with Gasteiger partial charge < -0.3 is 14.7 Å². The van der Waals surface area contributed by atoms with Crippen molar-refractivity contribution in [3.63, 3.8) is 0 Å². The molecule has 7 heteroatoms. The maximum atomic E-state index is 12.5. The summed E-state index contributed by atoms with van der Waals surface area (Å²) in [5.41, 5.74) is -0.457. The molecule has 1 aromatic heterocycles. The van der Waals surface area contributed by atoms with E-state index in [-0.39, 0.29) is 12.3 Å². The molecule has 1 unspecified atom stereocenters. The van der Waals surface area contributed by atoms with Gasteiger partial charge in [-0.25, -0.2) is 4.79 Å². The highest BCUT2D eigenvalue weighted by Gasteiger charge is 2.50. The Balaban J connectivity index is 2.32. The van der Waals surface area contributed by atoms with Gasteiger partial charge in [0.1, 0.15) is 0 Å². The molecule has 0 aliphatic carbocycles. The Bertz CT molecular complexity index is 517. The molecule has 1 atom stereocenters. The van der Waals surface area contributed by atoms with Crippen molar-refractivity contribution in [2.75, 3.05) is 20.3 Å². The minimum absolute atomic E-state index is 0.0344. The van der Waals surface area contributed by atoms with E-state index in [0.29, 0.717) is 25.1 Å². The van der Waals surface area contributed by atoms with Gasteiger partial charge in [-0.1, -0.05) is 0 Å². The van der Waals surface area contributed by atoms with Crippen LogP contribution in [0.15, 0.2) is 12.1 Å². The molecule has 0 radical (unpaired) electrons. The molecule has 1 amide bonds. The highest BCUT2D eigenvalue weighted by atomic mass is 16.5. The van der Waals surface area contributed by atoms with Crippen molar-refractivity contribution in [2.24, 2.45) is 0 Å². The largest absolute Gasteiger partial charge is 0.479 e. The van der Waals surface area contributed by atoms with E-state index in [4.69, 9.17) is 4.74 Å². The average molecular weight is 279 g/mol. The second-order valence-corrected chi connectivity index (χ2v) is 4.89. The molecule has 1 aromatic rings. The third-order valence-corrected chi connectivity index (χ3v) is 3.53. The number of nitrogens with zero attached hydrogens (tertiary/aromatic N) is 3. The van der Waals surface area contributed by atoms with Crippen LogP contribution in [-0.2, 0) is 9.53 Å². The molecule has 0 saturated carbocycles. The standard InChI is InChI=1S/C13H17N3O4/c1-9-4-5-10(15-14-9)11(17)16-7-3-6-13(16,8-20-2)12(18)19/h4-5H,3,6-8H2,1-2H3,(H,18,19). The lowest BCUT2D eigenvalue weighted by Gasteiger charge is -2.33. The van der Waals surface area contributed by atoms with Crippen LogP contribution < -0.4 is 0 Å². The molecule has 20 heavy (non-hydrogen) atoms. The third kappa shape index (κ3) is 2.36. The molecular formula is C13H17N3O4. The average Bonchev–Trinajstić information content (AvgIpc) is 2.84. The van der Waals surface area contributed by atoms with Crippen LogP contribution in [0.3, 0.4) is 0 Å². The summed E-state index contributed by atoms with van der Waals surface area (Å²) in [7, 11) is 1.43. The Morgan fingerprint density at radius 2 is 2.20 bits per heavy atom. The van der Waals surface area contributed by atoms with E-state index in [1.807, 2.05) is 0 Å². The molecule has 1 aliphatic rings. The molecule has 0 bridgehead atoms. The van der Waals surface area contributed by atoms with Crippen molar-refractivity contribution in [2.45, 2.75) is 25.3 Å². The number of carboxylic acids is 1. The molecule has 0 spiro atoms. The van der Waals surface area contributed by atoms with Gasteiger partial charge in [-0.15, -0.1) is 5.10 Å². The minimum Gasteiger partial charge on any atom is -0.479 e. The lowest BCUT2D eigenvalue weighted by Crippen LogP contribution is -2.56. The number of methoxy groups -OCH3 is 1. The van der Waals surface area contributed by atoms with Crippen molar-refractivity contribution < 1.29 is 19.4 Å². The fourth-order valence-electron chi connectivity index (χ4n) is 2.50. The van der Waals surface area contributed by atoms with Crippen molar-refractivity contribution in [3.05, 3.63) is 23.5 Å². The number of hydrogen-bond acceptors (Lipinski definition) is 5. The number of amides is 1. The number of hydrogen-bond donors (Lipinski definition) is 1. The molecule has 1 saturated heterocycles. The Morgan fingerprint density at radius 1 is 1.45 bits per heavy atom. The number of aromatic nitrogens is 2. The SMILES string of the molecule is COCC1(C(=O)O)CCCN1C(=O)c1ccc(C)nn1. The highest BCUT2D eigenvalue weighted by Crippen LogP contribution is 2.31. The summed E-state index contributed by atoms with van der Waals surface area (Å²) in [6.45, 7) is 2.11. The summed E-state index contributed by atoms with van der Waals surface area (Å²) < 4.78 is 5.02. The Labute approximate surface area is 116 Å². The lowest BCUT2D eigenvalue weighted by molar-refractivity contribution is -0.151. The van der Waals surface area contributed by atoms with Crippen LogP contribution in [0.4, 0.5) is 0 Å². The molecule has 0 aromatic carbocycles. The summed E-state index contributed by atoms with van der Waals surface area (Å²) in [6, 6.07) is 3.23. The second kappa shape index (κ2) is 5.54. The maximum absolute atomic E-state index is 12.5. The van der Waals surface area contributed by atoms with Gasteiger partial charge in [-0.05, 0) is 31.9 Å². The van der Waals surface area contributed by atoms with Crippen LogP contribution in [-0.4, -0.2) is 57.9 Å². The van der Waals surface area contributed by atoms with Crippen molar-refractivity contribution >= 4 is 11.9 Å². The van der Waals surface area contributed by atoms with Crippen LogP contribution in [0, 0.1) is 6.92 Å². The van der Waals surface area contributed by atoms with Gasteiger partial charge in [0.05, 0.1) is 12.3 Å². The van der Waals surface area contributed by atoms with Crippen LogP contribution >= 0.6 is 0 Å². The number of ether oxygens (including phenoxy) is 1. The first kappa shape index (κ1) is 14.4. The summed E-state index contributed by atoms with van der Waals surface area (Å²) >= 11 is 0. The van der Waals surface area contributed by atoms with Gasteiger partial charge in [0.25, 0.3) is 5.91 Å². The van der Waals surface area contributed by atoms with E-state index in [1.54, 1.807) is 19.1 Å². The first-order valence-corrected chi connectivity index (χ1v) is 6.36. The van der Waals surface area contributed by atoms with Gasteiger partial charge in [0.2, 0.25) is 0 Å². The highest BCUT2D eigenvalue weighted by molar-refractivity contribution is 5.96. The first-order valence-electron chi connectivity index (χ1n) is 6.36. The van der Waals surface area contributed by atoms with Crippen molar-refractivity contribution in [1.82, 2.24) is 15.1 Å². The van der Waals surface area contributed by atoms with E-state index in [0.717, 1.165) is 0 Å². The zero-order valence-corrected chi connectivity index (χ0v) is 11.5. The Hall–Kier alpha value is -2.02. The number of aliphatic carboxylic acids is 1. The van der Waals surface area contributed by atoms with Gasteiger partial charge in [-0.3, -0.25) is 4.79 Å². The summed E-state index contributed by atoms with van der Waals surface area (Å²) in [5.74, 6) is -1.47. The van der Waals surface area contributed by atoms with Crippen LogP contribution in [0.2, 0.25) is 0 Å². The molecular weight excluding hydrogens is 262 g/mol. The van der Waals surface area contributed by atoms with Gasteiger partial charge in [0.15, 0.2) is 11.2 Å². The van der Waals surface area contributed by atoms with E-state index < -0.39 is 17.4 Å². The van der Waals surface area contributed by atoms with Crippen molar-refractivity contribution in [3.8, 4) is 0 Å². The monoisotopic (exact) mass is 279 g/mol. The number of likely N-dealkylation sites (tertiary alicyclic amines) is 1. The van der Waals surface area contributed by atoms with Crippen molar-refractivity contribution in [1.29, 1.82) is 0 Å². The molecule has 1 fully saturated rings. The fourth-order valence-corrected chi connectivity index (χ4v) is 2.50. The number of carbonyl (C=O) groups is 2. The van der Waals surface area contributed by atoms with Crippen LogP contribution in [0.5, 0.6) is 0 Å². The fraction of sp³-hybridized carbons (Fsp3) is 0.538. The van der Waals surface area contributed by atoms with Crippen LogP contribution in [0.1, 0.15) is 29.0 Å². The molecule has 1 aliphatic heterocycles. The maximum Gasteiger partial charge on any atom is 0.332 e. The molecule has 108 valence electrons. The first-order chi connectivity index (χ1) is 9.51. The molecule has 1 N–H and O–H groups in total. The predicted molar refractivity (Wildman–Crippen MR) is 69.3 cm³/mol. The summed E-state index contributed by atoms with van der Waals surface area (Å²) in [5, 5.41) is 17.2. The number of rotatable bonds is 4. The summed E-state index contributed by atoms with van der Waals surface area (Å²) in [6.07, 6.45) is 1.00. The number of aryl methyl sites for hydroxylation is 1. The lowest BCUT2D eigenvalue weighted by atomic mass is 9.97. The Kier molecular flexibility index (Phi) is 3.99.